The van der Waals surface area contributed by atoms with Gasteiger partial charge >= 0.3 is 0 Å². The van der Waals surface area contributed by atoms with Crippen LogP contribution < -0.4 is 10.1 Å². The number of aromatic nitrogens is 3. The second-order valence-electron chi connectivity index (χ2n) is 7.12. The van der Waals surface area contributed by atoms with Crippen molar-refractivity contribution in [3.63, 3.8) is 0 Å². The first kappa shape index (κ1) is 19.4. The van der Waals surface area contributed by atoms with Crippen molar-refractivity contribution in [2.24, 2.45) is 0 Å². The Bertz CT molecular complexity index is 1420. The largest absolute Gasteiger partial charge is 0.456 e. The standard InChI is InChI=1S/C25H17FN4O2/c26-18-5-4-6-19(13-18)28-25(31)24-22-12-16(9-10-23(22)29-30-24)17-11-21(15-27-14-17)32-20-7-2-1-3-8-20/h1-15H,(H,28,31)(H,29,30). The first-order valence-corrected chi connectivity index (χ1v) is 9.89. The Morgan fingerprint density at radius 2 is 1.75 bits per heavy atom. The summed E-state index contributed by atoms with van der Waals surface area (Å²) < 4.78 is 19.3. The fourth-order valence-corrected chi connectivity index (χ4v) is 3.38. The minimum atomic E-state index is -0.432. The number of hydrogen-bond donors (Lipinski definition) is 2. The molecule has 2 aromatic heterocycles. The van der Waals surface area contributed by atoms with Gasteiger partial charge in [0.15, 0.2) is 5.69 Å². The molecule has 5 aromatic rings. The van der Waals surface area contributed by atoms with E-state index in [1.807, 2.05) is 54.6 Å². The minimum Gasteiger partial charge on any atom is -0.456 e. The van der Waals surface area contributed by atoms with Gasteiger partial charge in [0.2, 0.25) is 0 Å². The number of nitrogens with zero attached hydrogens (tertiary/aromatic N) is 2. The molecule has 0 unspecified atom stereocenters. The first-order valence-electron chi connectivity index (χ1n) is 9.89. The van der Waals surface area contributed by atoms with Gasteiger partial charge in [-0.25, -0.2) is 4.39 Å². The third-order valence-electron chi connectivity index (χ3n) is 4.89. The number of benzene rings is 3. The Kier molecular flexibility index (Phi) is 5.05. The third-order valence-corrected chi connectivity index (χ3v) is 4.89. The lowest BCUT2D eigenvalue weighted by Gasteiger charge is -2.08. The number of ether oxygens (including phenoxy) is 1. The molecule has 0 fully saturated rings. The average molecular weight is 424 g/mol. The van der Waals surface area contributed by atoms with E-state index in [0.717, 1.165) is 11.1 Å². The summed E-state index contributed by atoms with van der Waals surface area (Å²) in [5.41, 5.74) is 2.97. The predicted octanol–water partition coefficient (Wildman–Crippen LogP) is 5.81. The van der Waals surface area contributed by atoms with Crippen molar-refractivity contribution in [2.75, 3.05) is 5.32 Å². The monoisotopic (exact) mass is 424 g/mol. The zero-order valence-corrected chi connectivity index (χ0v) is 16.7. The molecule has 0 aliphatic rings. The Balaban J connectivity index is 1.45. The second-order valence-corrected chi connectivity index (χ2v) is 7.12. The van der Waals surface area contributed by atoms with Crippen LogP contribution in [-0.2, 0) is 0 Å². The highest BCUT2D eigenvalue weighted by molar-refractivity contribution is 6.11. The maximum atomic E-state index is 13.4. The number of para-hydroxylation sites is 1. The Morgan fingerprint density at radius 3 is 2.59 bits per heavy atom. The van der Waals surface area contributed by atoms with Gasteiger partial charge in [0.05, 0.1) is 11.7 Å². The lowest BCUT2D eigenvalue weighted by molar-refractivity contribution is 0.102. The number of fused-ring (bicyclic) bond motifs is 1. The van der Waals surface area contributed by atoms with E-state index in [1.165, 1.54) is 18.2 Å². The van der Waals surface area contributed by atoms with Crippen LogP contribution in [0, 0.1) is 5.82 Å². The Hall–Kier alpha value is -4.52. The highest BCUT2D eigenvalue weighted by Crippen LogP contribution is 2.29. The van der Waals surface area contributed by atoms with Crippen LogP contribution >= 0.6 is 0 Å². The molecule has 1 amide bonds. The lowest BCUT2D eigenvalue weighted by atomic mass is 10.0. The Morgan fingerprint density at radius 1 is 0.875 bits per heavy atom. The van der Waals surface area contributed by atoms with E-state index in [1.54, 1.807) is 18.5 Å². The van der Waals surface area contributed by atoms with Crippen molar-refractivity contribution in [2.45, 2.75) is 0 Å². The summed E-state index contributed by atoms with van der Waals surface area (Å²) in [5.74, 6) is 0.457. The molecule has 0 radical (unpaired) electrons. The van der Waals surface area contributed by atoms with Gasteiger partial charge in [0.1, 0.15) is 17.3 Å². The number of carbonyl (C=O) groups is 1. The molecule has 0 spiro atoms. The topological polar surface area (TPSA) is 79.9 Å². The van der Waals surface area contributed by atoms with Crippen LogP contribution in [0.2, 0.25) is 0 Å². The highest BCUT2D eigenvalue weighted by Gasteiger charge is 2.16. The van der Waals surface area contributed by atoms with Gasteiger partial charge in [0.25, 0.3) is 5.91 Å². The van der Waals surface area contributed by atoms with Gasteiger partial charge in [-0.2, -0.15) is 5.10 Å². The fourth-order valence-electron chi connectivity index (χ4n) is 3.38. The van der Waals surface area contributed by atoms with Crippen molar-refractivity contribution >= 4 is 22.5 Å². The number of hydrogen-bond acceptors (Lipinski definition) is 4. The normalized spacial score (nSPS) is 10.8. The molecule has 0 saturated heterocycles. The van der Waals surface area contributed by atoms with Crippen LogP contribution in [0.25, 0.3) is 22.0 Å². The van der Waals surface area contributed by atoms with Gasteiger partial charge in [-0.15, -0.1) is 0 Å². The number of carbonyl (C=O) groups excluding carboxylic acids is 1. The van der Waals surface area contributed by atoms with E-state index in [9.17, 15) is 9.18 Å². The van der Waals surface area contributed by atoms with Gasteiger partial charge in [-0.05, 0) is 54.1 Å². The summed E-state index contributed by atoms with van der Waals surface area (Å²) in [4.78, 5) is 17.0. The zero-order valence-electron chi connectivity index (χ0n) is 16.7. The fraction of sp³-hybridized carbons (Fsp3) is 0. The van der Waals surface area contributed by atoms with Gasteiger partial charge in [0, 0.05) is 22.8 Å². The van der Waals surface area contributed by atoms with Crippen molar-refractivity contribution in [1.29, 1.82) is 0 Å². The minimum absolute atomic E-state index is 0.218. The highest BCUT2D eigenvalue weighted by atomic mass is 19.1. The average Bonchev–Trinajstić information content (AvgIpc) is 3.23. The number of nitrogens with one attached hydrogen (secondary N) is 2. The molecule has 2 N–H and O–H groups in total. The van der Waals surface area contributed by atoms with E-state index < -0.39 is 11.7 Å². The lowest BCUT2D eigenvalue weighted by Crippen LogP contribution is -2.12. The summed E-state index contributed by atoms with van der Waals surface area (Å²) >= 11 is 0. The zero-order chi connectivity index (χ0) is 21.9. The molecule has 156 valence electrons. The molecule has 0 bridgehead atoms. The molecule has 32 heavy (non-hydrogen) atoms. The van der Waals surface area contributed by atoms with Crippen LogP contribution in [0.15, 0.2) is 91.3 Å². The molecule has 0 aliphatic heterocycles. The maximum absolute atomic E-state index is 13.4. The smallest absolute Gasteiger partial charge is 0.276 e. The maximum Gasteiger partial charge on any atom is 0.276 e. The van der Waals surface area contributed by atoms with Crippen molar-refractivity contribution in [3.05, 3.63) is 103 Å². The number of rotatable bonds is 5. The van der Waals surface area contributed by atoms with E-state index in [0.29, 0.717) is 28.1 Å². The molecule has 6 nitrogen and oxygen atoms in total. The summed E-state index contributed by atoms with van der Waals surface area (Å²) in [6.45, 7) is 0. The second kappa shape index (κ2) is 8.31. The number of anilines is 1. The Labute approximate surface area is 182 Å². The quantitative estimate of drug-likeness (QED) is 0.373. The summed E-state index contributed by atoms with van der Waals surface area (Å²) in [5, 5.41) is 10.3. The van der Waals surface area contributed by atoms with Gasteiger partial charge in [-0.3, -0.25) is 14.9 Å². The number of pyridine rings is 1. The number of aromatic amines is 1. The van der Waals surface area contributed by atoms with E-state index in [2.05, 4.69) is 20.5 Å². The van der Waals surface area contributed by atoms with Crippen molar-refractivity contribution in [3.8, 4) is 22.6 Å². The summed E-state index contributed by atoms with van der Waals surface area (Å²) in [7, 11) is 0. The van der Waals surface area contributed by atoms with Crippen molar-refractivity contribution < 1.29 is 13.9 Å². The molecule has 7 heteroatoms. The molecular weight excluding hydrogens is 407 g/mol. The van der Waals surface area contributed by atoms with Crippen LogP contribution in [-0.4, -0.2) is 21.1 Å². The van der Waals surface area contributed by atoms with Crippen molar-refractivity contribution in [1.82, 2.24) is 15.2 Å². The van der Waals surface area contributed by atoms with Gasteiger partial charge in [-0.1, -0.05) is 30.3 Å². The predicted molar refractivity (Wildman–Crippen MR) is 120 cm³/mol. The molecule has 0 saturated carbocycles. The number of halogens is 1. The molecule has 3 aromatic carbocycles. The molecule has 0 atom stereocenters. The first-order chi connectivity index (χ1) is 15.7. The molecule has 0 aliphatic carbocycles. The molecule has 2 heterocycles. The number of amides is 1. The van der Waals surface area contributed by atoms with E-state index in [-0.39, 0.29) is 5.69 Å². The van der Waals surface area contributed by atoms with Crippen LogP contribution in [0.4, 0.5) is 10.1 Å². The van der Waals surface area contributed by atoms with Crippen LogP contribution in [0.5, 0.6) is 11.5 Å². The van der Waals surface area contributed by atoms with Crippen LogP contribution in [0.3, 0.4) is 0 Å². The van der Waals surface area contributed by atoms with Crippen LogP contribution in [0.1, 0.15) is 10.5 Å². The third kappa shape index (κ3) is 4.04. The van der Waals surface area contributed by atoms with Gasteiger partial charge < -0.3 is 10.1 Å². The number of H-pyrrole nitrogens is 1. The molecular formula is C25H17FN4O2. The summed E-state index contributed by atoms with van der Waals surface area (Å²) in [6.07, 6.45) is 3.37. The van der Waals surface area contributed by atoms with E-state index >= 15 is 0 Å². The SMILES string of the molecule is O=C(Nc1cccc(F)c1)c1n[nH]c2ccc(-c3cncc(Oc4ccccc4)c3)cc12. The summed E-state index contributed by atoms with van der Waals surface area (Å²) in [6, 6.07) is 22.7. The molecule has 5 rings (SSSR count). The van der Waals surface area contributed by atoms with E-state index in [4.69, 9.17) is 4.74 Å².